The van der Waals surface area contributed by atoms with E-state index < -0.39 is 0 Å². The van der Waals surface area contributed by atoms with Crippen molar-refractivity contribution in [3.63, 3.8) is 0 Å². The highest BCUT2D eigenvalue weighted by Crippen LogP contribution is 2.13. The molecule has 1 atom stereocenters. The third-order valence-electron chi connectivity index (χ3n) is 5.48. The summed E-state index contributed by atoms with van der Waals surface area (Å²) < 4.78 is 0. The molecule has 1 amide bonds. The van der Waals surface area contributed by atoms with Crippen molar-refractivity contribution < 1.29 is 4.79 Å². The molecule has 0 saturated carbocycles. The molecule has 176 valence electrons. The average molecular weight is 428 g/mol. The second-order valence-corrected chi connectivity index (χ2v) is 9.55. The predicted octanol–water partition coefficient (Wildman–Crippen LogP) is 8.63. The Morgan fingerprint density at radius 1 is 0.645 bits per heavy atom. The smallest absolute Gasteiger partial charge is 0.223 e. The molecule has 0 bridgehead atoms. The number of carbonyl (C=O) groups is 1. The first-order valence-corrected chi connectivity index (χ1v) is 12.1. The summed E-state index contributed by atoms with van der Waals surface area (Å²) in [6, 6.07) is 0. The standard InChI is InChI=1S/C29H49NO/c1-23(2)13-9-15-25(5)17-11-18-27(7)21-22-30-29(31)28(8)20-12-19-26(6)16-10-14-24(3)4/h13-14,17,19,21,28H,9-12,15-16,18,20,22H2,1-8H3,(H,30,31)/b25-17+,26-19+,27-21+. The van der Waals surface area contributed by atoms with Gasteiger partial charge in [0, 0.05) is 12.5 Å². The summed E-state index contributed by atoms with van der Waals surface area (Å²) in [5.74, 6) is 0.219. The van der Waals surface area contributed by atoms with Gasteiger partial charge in [-0.25, -0.2) is 0 Å². The topological polar surface area (TPSA) is 29.1 Å². The summed E-state index contributed by atoms with van der Waals surface area (Å²) in [5.41, 5.74) is 7.00. The normalized spacial score (nSPS) is 13.6. The lowest BCUT2D eigenvalue weighted by Gasteiger charge is -2.10. The van der Waals surface area contributed by atoms with Crippen LogP contribution in [0.25, 0.3) is 0 Å². The zero-order chi connectivity index (χ0) is 23.6. The molecule has 0 spiro atoms. The van der Waals surface area contributed by atoms with Gasteiger partial charge in [-0.05, 0) is 99.8 Å². The van der Waals surface area contributed by atoms with Crippen LogP contribution in [0.5, 0.6) is 0 Å². The van der Waals surface area contributed by atoms with E-state index in [2.05, 4.69) is 84.2 Å². The summed E-state index contributed by atoms with van der Waals surface area (Å²) in [4.78, 5) is 12.3. The lowest BCUT2D eigenvalue weighted by atomic mass is 10.0. The zero-order valence-corrected chi connectivity index (χ0v) is 21.7. The van der Waals surface area contributed by atoms with Crippen LogP contribution in [0, 0.1) is 5.92 Å². The van der Waals surface area contributed by atoms with E-state index >= 15 is 0 Å². The van der Waals surface area contributed by atoms with Gasteiger partial charge >= 0.3 is 0 Å². The van der Waals surface area contributed by atoms with Gasteiger partial charge < -0.3 is 5.32 Å². The van der Waals surface area contributed by atoms with Crippen LogP contribution >= 0.6 is 0 Å². The van der Waals surface area contributed by atoms with Crippen LogP contribution < -0.4 is 5.32 Å². The summed E-state index contributed by atoms with van der Waals surface area (Å²) in [6.07, 6.45) is 19.9. The molecule has 2 heteroatoms. The minimum atomic E-state index is 0.0573. The molecule has 1 unspecified atom stereocenters. The molecule has 0 aromatic rings. The van der Waals surface area contributed by atoms with E-state index in [0.29, 0.717) is 6.54 Å². The molecule has 31 heavy (non-hydrogen) atoms. The number of amides is 1. The molecule has 0 rings (SSSR count). The van der Waals surface area contributed by atoms with Crippen molar-refractivity contribution in [2.45, 2.75) is 107 Å². The molecule has 0 aromatic heterocycles. The second kappa shape index (κ2) is 17.8. The van der Waals surface area contributed by atoms with E-state index in [1.807, 2.05) is 6.92 Å². The van der Waals surface area contributed by atoms with E-state index in [-0.39, 0.29) is 11.8 Å². The Hall–Kier alpha value is -1.83. The average Bonchev–Trinajstić information content (AvgIpc) is 2.67. The Morgan fingerprint density at radius 2 is 1.06 bits per heavy atom. The monoisotopic (exact) mass is 427 g/mol. The molecule has 0 fully saturated rings. The molecule has 0 radical (unpaired) electrons. The van der Waals surface area contributed by atoms with Crippen LogP contribution in [-0.2, 0) is 4.79 Å². The van der Waals surface area contributed by atoms with Crippen molar-refractivity contribution in [3.8, 4) is 0 Å². The predicted molar refractivity (Wildman–Crippen MR) is 139 cm³/mol. The highest BCUT2D eigenvalue weighted by Gasteiger charge is 2.10. The quantitative estimate of drug-likeness (QED) is 0.260. The molecular weight excluding hydrogens is 378 g/mol. The summed E-state index contributed by atoms with van der Waals surface area (Å²) >= 11 is 0. The fraction of sp³-hybridized carbons (Fsp3) is 0.621. The van der Waals surface area contributed by atoms with Crippen LogP contribution in [0.15, 0.2) is 58.2 Å². The number of hydrogen-bond donors (Lipinski definition) is 1. The van der Waals surface area contributed by atoms with Gasteiger partial charge in [0.25, 0.3) is 0 Å². The first-order chi connectivity index (χ1) is 14.6. The fourth-order valence-corrected chi connectivity index (χ4v) is 3.24. The van der Waals surface area contributed by atoms with Crippen molar-refractivity contribution in [2.75, 3.05) is 6.54 Å². The van der Waals surface area contributed by atoms with E-state index in [4.69, 9.17) is 0 Å². The molecule has 1 N–H and O–H groups in total. The lowest BCUT2D eigenvalue weighted by Crippen LogP contribution is -2.29. The number of nitrogens with one attached hydrogen (secondary N) is 1. The minimum Gasteiger partial charge on any atom is -0.352 e. The van der Waals surface area contributed by atoms with Gasteiger partial charge in [-0.15, -0.1) is 0 Å². The van der Waals surface area contributed by atoms with Crippen molar-refractivity contribution in [3.05, 3.63) is 58.2 Å². The van der Waals surface area contributed by atoms with Gasteiger partial charge in [-0.2, -0.15) is 0 Å². The van der Waals surface area contributed by atoms with E-state index in [9.17, 15) is 4.79 Å². The number of rotatable bonds is 15. The van der Waals surface area contributed by atoms with Gasteiger partial charge in [-0.3, -0.25) is 4.79 Å². The van der Waals surface area contributed by atoms with Gasteiger partial charge in [0.1, 0.15) is 0 Å². The Bertz CT molecular complexity index is 665. The summed E-state index contributed by atoms with van der Waals surface area (Å²) in [6.45, 7) is 17.8. The van der Waals surface area contributed by atoms with Crippen molar-refractivity contribution >= 4 is 5.91 Å². The third kappa shape index (κ3) is 18.6. The Kier molecular flexibility index (Phi) is 16.8. The molecule has 0 aliphatic carbocycles. The van der Waals surface area contributed by atoms with Crippen LogP contribution in [0.4, 0.5) is 0 Å². The SMILES string of the molecule is CC(C)=CCC/C(C)=C/CC/C(C)=C/CNC(=O)C(C)CC/C=C(\C)CCC=C(C)C. The van der Waals surface area contributed by atoms with E-state index in [1.165, 1.54) is 27.9 Å². The van der Waals surface area contributed by atoms with E-state index in [0.717, 1.165) is 51.4 Å². The molecule has 2 nitrogen and oxygen atoms in total. The minimum absolute atomic E-state index is 0.0573. The maximum atomic E-state index is 12.3. The third-order valence-corrected chi connectivity index (χ3v) is 5.48. The molecule has 0 saturated heterocycles. The Labute approximate surface area is 193 Å². The van der Waals surface area contributed by atoms with Crippen LogP contribution in [0.2, 0.25) is 0 Å². The first kappa shape index (κ1) is 29.2. The highest BCUT2D eigenvalue weighted by atomic mass is 16.1. The van der Waals surface area contributed by atoms with Gasteiger partial charge in [0.05, 0.1) is 0 Å². The van der Waals surface area contributed by atoms with Crippen molar-refractivity contribution in [1.29, 1.82) is 0 Å². The number of carbonyl (C=O) groups excluding carboxylic acids is 1. The van der Waals surface area contributed by atoms with Crippen LogP contribution in [0.3, 0.4) is 0 Å². The molecule has 0 aliphatic heterocycles. The van der Waals surface area contributed by atoms with Gasteiger partial charge in [0.15, 0.2) is 0 Å². The van der Waals surface area contributed by atoms with E-state index in [1.54, 1.807) is 0 Å². The van der Waals surface area contributed by atoms with Crippen molar-refractivity contribution in [2.24, 2.45) is 5.92 Å². The van der Waals surface area contributed by atoms with Crippen LogP contribution in [0.1, 0.15) is 107 Å². The largest absolute Gasteiger partial charge is 0.352 e. The Morgan fingerprint density at radius 3 is 1.55 bits per heavy atom. The summed E-state index contributed by atoms with van der Waals surface area (Å²) in [7, 11) is 0. The maximum absolute atomic E-state index is 12.3. The first-order valence-electron chi connectivity index (χ1n) is 12.1. The number of hydrogen-bond acceptors (Lipinski definition) is 1. The molecule has 0 aliphatic rings. The van der Waals surface area contributed by atoms with Crippen LogP contribution in [-0.4, -0.2) is 12.5 Å². The maximum Gasteiger partial charge on any atom is 0.223 e. The zero-order valence-electron chi connectivity index (χ0n) is 21.7. The fourth-order valence-electron chi connectivity index (χ4n) is 3.24. The summed E-state index contributed by atoms with van der Waals surface area (Å²) in [5, 5.41) is 3.07. The molecular formula is C29H49NO. The highest BCUT2D eigenvalue weighted by molar-refractivity contribution is 5.78. The van der Waals surface area contributed by atoms with Gasteiger partial charge in [0.2, 0.25) is 5.91 Å². The molecule has 0 heterocycles. The van der Waals surface area contributed by atoms with Gasteiger partial charge in [-0.1, -0.05) is 65.2 Å². The second-order valence-electron chi connectivity index (χ2n) is 9.55. The lowest BCUT2D eigenvalue weighted by molar-refractivity contribution is -0.124. The van der Waals surface area contributed by atoms with Crippen molar-refractivity contribution in [1.82, 2.24) is 5.32 Å². The Balaban J connectivity index is 4.11. The number of allylic oxidation sites excluding steroid dienone is 9. The molecule has 0 aromatic carbocycles.